The molecule has 3 rings (SSSR count). The van der Waals surface area contributed by atoms with Crippen LogP contribution < -0.4 is 0 Å². The molecule has 1 atom stereocenters. The van der Waals surface area contributed by atoms with Crippen molar-refractivity contribution in [3.8, 4) is 0 Å². The lowest BCUT2D eigenvalue weighted by atomic mass is 9.85. The fourth-order valence-corrected chi connectivity index (χ4v) is 2.99. The molecule has 1 aromatic rings. The van der Waals surface area contributed by atoms with E-state index in [1.807, 2.05) is 20.8 Å². The second kappa shape index (κ2) is 5.34. The van der Waals surface area contributed by atoms with Crippen molar-refractivity contribution in [3.05, 3.63) is 35.4 Å². The highest BCUT2D eigenvalue weighted by molar-refractivity contribution is 5.69. The second-order valence-corrected chi connectivity index (χ2v) is 6.89. The molecule has 0 N–H and O–H groups in total. The molecule has 0 saturated carbocycles. The van der Waals surface area contributed by atoms with Gasteiger partial charge in [0.2, 0.25) is 0 Å². The first-order chi connectivity index (χ1) is 9.94. The normalized spacial score (nSPS) is 22.4. The summed E-state index contributed by atoms with van der Waals surface area (Å²) >= 11 is 0. The van der Waals surface area contributed by atoms with Crippen LogP contribution in [0.4, 0.5) is 4.79 Å². The molecular weight excluding hydrogens is 266 g/mol. The Bertz CT molecular complexity index is 529. The molecule has 2 heterocycles. The van der Waals surface area contributed by atoms with Crippen LogP contribution in [-0.4, -0.2) is 36.3 Å². The fraction of sp³-hybridized carbons (Fsp3) is 0.588. The lowest BCUT2D eigenvalue weighted by Gasteiger charge is -2.44. The summed E-state index contributed by atoms with van der Waals surface area (Å²) in [6.45, 7) is 7.88. The van der Waals surface area contributed by atoms with Crippen LogP contribution in [0.5, 0.6) is 0 Å². The predicted octanol–water partition coefficient (Wildman–Crippen LogP) is 3.17. The van der Waals surface area contributed by atoms with E-state index in [0.717, 1.165) is 13.0 Å². The summed E-state index contributed by atoms with van der Waals surface area (Å²) in [6.07, 6.45) is 0.881. The van der Waals surface area contributed by atoms with E-state index in [4.69, 9.17) is 9.47 Å². The Morgan fingerprint density at radius 1 is 1.29 bits per heavy atom. The fourth-order valence-electron chi connectivity index (χ4n) is 2.99. The number of ether oxygens (including phenoxy) is 2. The molecule has 0 spiro atoms. The van der Waals surface area contributed by atoms with Gasteiger partial charge in [0.25, 0.3) is 0 Å². The topological polar surface area (TPSA) is 38.8 Å². The number of likely N-dealkylation sites (tertiary alicyclic amines) is 1. The quantitative estimate of drug-likeness (QED) is 0.797. The molecule has 2 aliphatic rings. The third kappa shape index (κ3) is 3.05. The average molecular weight is 289 g/mol. The molecule has 0 unspecified atom stereocenters. The predicted molar refractivity (Wildman–Crippen MR) is 80.1 cm³/mol. The van der Waals surface area contributed by atoms with Crippen LogP contribution in [-0.2, 0) is 15.9 Å². The van der Waals surface area contributed by atoms with Crippen molar-refractivity contribution in [2.75, 3.05) is 19.7 Å². The van der Waals surface area contributed by atoms with E-state index in [1.165, 1.54) is 11.1 Å². The largest absolute Gasteiger partial charge is 0.444 e. The lowest BCUT2D eigenvalue weighted by Crippen LogP contribution is -2.54. The zero-order valence-corrected chi connectivity index (χ0v) is 13.0. The van der Waals surface area contributed by atoms with Crippen LogP contribution in [0.3, 0.4) is 0 Å². The Hall–Kier alpha value is -1.55. The first-order valence-corrected chi connectivity index (χ1v) is 7.61. The Morgan fingerprint density at radius 3 is 2.71 bits per heavy atom. The Labute approximate surface area is 126 Å². The molecule has 0 aromatic heterocycles. The summed E-state index contributed by atoms with van der Waals surface area (Å²) in [6, 6.07) is 8.46. The Morgan fingerprint density at radius 2 is 2.00 bits per heavy atom. The van der Waals surface area contributed by atoms with Gasteiger partial charge in [0, 0.05) is 19.0 Å². The van der Waals surface area contributed by atoms with Crippen molar-refractivity contribution < 1.29 is 14.3 Å². The lowest BCUT2D eigenvalue weighted by molar-refractivity contribution is -0.0641. The van der Waals surface area contributed by atoms with Crippen LogP contribution in [0.1, 0.15) is 38.0 Å². The highest BCUT2D eigenvalue weighted by atomic mass is 16.6. The molecule has 21 heavy (non-hydrogen) atoms. The smallest absolute Gasteiger partial charge is 0.410 e. The molecule has 4 nitrogen and oxygen atoms in total. The van der Waals surface area contributed by atoms with E-state index in [9.17, 15) is 4.79 Å². The molecule has 0 radical (unpaired) electrons. The number of carbonyl (C=O) groups is 1. The second-order valence-electron chi connectivity index (χ2n) is 6.89. The Kier molecular flexibility index (Phi) is 3.66. The van der Waals surface area contributed by atoms with Gasteiger partial charge < -0.3 is 14.4 Å². The monoisotopic (exact) mass is 289 g/mol. The highest BCUT2D eigenvalue weighted by Gasteiger charge is 2.40. The summed E-state index contributed by atoms with van der Waals surface area (Å²) in [7, 11) is 0. The van der Waals surface area contributed by atoms with Crippen LogP contribution in [0.2, 0.25) is 0 Å². The minimum Gasteiger partial charge on any atom is -0.444 e. The van der Waals surface area contributed by atoms with Gasteiger partial charge in [-0.2, -0.15) is 0 Å². The first-order valence-electron chi connectivity index (χ1n) is 7.61. The number of rotatable bonds is 1. The van der Waals surface area contributed by atoms with Gasteiger partial charge in [-0.15, -0.1) is 0 Å². The molecule has 1 fully saturated rings. The maximum Gasteiger partial charge on any atom is 0.410 e. The summed E-state index contributed by atoms with van der Waals surface area (Å²) in [5.41, 5.74) is 2.23. The van der Waals surface area contributed by atoms with Crippen molar-refractivity contribution in [1.29, 1.82) is 0 Å². The SMILES string of the molecule is CC(C)(C)OC(=O)N1CC([C@H]2OCCc3ccccc32)C1. The van der Waals surface area contributed by atoms with E-state index in [2.05, 4.69) is 24.3 Å². The van der Waals surface area contributed by atoms with Crippen molar-refractivity contribution in [1.82, 2.24) is 4.90 Å². The summed E-state index contributed by atoms with van der Waals surface area (Å²) in [4.78, 5) is 13.7. The molecular formula is C17H23NO3. The molecule has 4 heteroatoms. The highest BCUT2D eigenvalue weighted by Crippen LogP contribution is 2.37. The maximum atomic E-state index is 12.0. The van der Waals surface area contributed by atoms with Crippen LogP contribution >= 0.6 is 0 Å². The molecule has 0 aliphatic carbocycles. The van der Waals surface area contributed by atoms with Crippen LogP contribution in [0, 0.1) is 5.92 Å². The average Bonchev–Trinajstić information content (AvgIpc) is 2.35. The van der Waals surface area contributed by atoms with Crippen molar-refractivity contribution in [3.63, 3.8) is 0 Å². The van der Waals surface area contributed by atoms with Crippen molar-refractivity contribution in [2.24, 2.45) is 5.92 Å². The number of fused-ring (bicyclic) bond motifs is 1. The van der Waals surface area contributed by atoms with E-state index < -0.39 is 5.60 Å². The van der Waals surface area contributed by atoms with Gasteiger partial charge in [0.05, 0.1) is 12.7 Å². The Balaban J connectivity index is 1.61. The molecule has 114 valence electrons. The van der Waals surface area contributed by atoms with Gasteiger partial charge in [-0.05, 0) is 38.3 Å². The van der Waals surface area contributed by atoms with Gasteiger partial charge in [-0.1, -0.05) is 24.3 Å². The van der Waals surface area contributed by atoms with Gasteiger partial charge in [-0.25, -0.2) is 4.79 Å². The third-order valence-corrected chi connectivity index (χ3v) is 4.02. The van der Waals surface area contributed by atoms with Gasteiger partial charge >= 0.3 is 6.09 Å². The maximum absolute atomic E-state index is 12.0. The van der Waals surface area contributed by atoms with Gasteiger partial charge in [0.15, 0.2) is 0 Å². The number of benzene rings is 1. The van der Waals surface area contributed by atoms with Gasteiger partial charge in [0.1, 0.15) is 5.60 Å². The summed E-state index contributed by atoms with van der Waals surface area (Å²) < 4.78 is 11.4. The van der Waals surface area contributed by atoms with Crippen molar-refractivity contribution in [2.45, 2.75) is 38.9 Å². The van der Waals surface area contributed by atoms with E-state index in [-0.39, 0.29) is 12.2 Å². The summed E-state index contributed by atoms with van der Waals surface area (Å²) in [5, 5.41) is 0. The zero-order valence-electron chi connectivity index (χ0n) is 13.0. The molecule has 2 aliphatic heterocycles. The minimum absolute atomic E-state index is 0.119. The van der Waals surface area contributed by atoms with Crippen LogP contribution in [0.15, 0.2) is 24.3 Å². The first kappa shape index (κ1) is 14.4. The number of nitrogens with zero attached hydrogens (tertiary/aromatic N) is 1. The molecule has 1 saturated heterocycles. The van der Waals surface area contributed by atoms with Crippen molar-refractivity contribution >= 4 is 6.09 Å². The number of hydrogen-bond acceptors (Lipinski definition) is 3. The number of hydrogen-bond donors (Lipinski definition) is 0. The molecule has 0 bridgehead atoms. The number of amides is 1. The van der Waals surface area contributed by atoms with Gasteiger partial charge in [-0.3, -0.25) is 0 Å². The van der Waals surface area contributed by atoms with E-state index >= 15 is 0 Å². The third-order valence-electron chi connectivity index (χ3n) is 4.02. The minimum atomic E-state index is -0.434. The standard InChI is InChI=1S/C17H23NO3/c1-17(2,3)21-16(19)18-10-13(11-18)15-14-7-5-4-6-12(14)8-9-20-15/h4-7,13,15H,8-11H2,1-3H3/t15-/m1/s1. The molecule has 1 aromatic carbocycles. The summed E-state index contributed by atoms with van der Waals surface area (Å²) in [5.74, 6) is 0.374. The van der Waals surface area contributed by atoms with E-state index in [0.29, 0.717) is 19.0 Å². The number of carbonyl (C=O) groups excluding carboxylic acids is 1. The molecule has 1 amide bonds. The van der Waals surface area contributed by atoms with E-state index in [1.54, 1.807) is 4.90 Å². The zero-order chi connectivity index (χ0) is 15.0. The van der Waals surface area contributed by atoms with Crippen LogP contribution in [0.25, 0.3) is 0 Å².